The molecule has 1 amide bonds. The third-order valence-electron chi connectivity index (χ3n) is 3.89. The molecule has 0 unspecified atom stereocenters. The van der Waals surface area contributed by atoms with Crippen molar-refractivity contribution in [3.8, 4) is 0 Å². The van der Waals surface area contributed by atoms with E-state index in [1.165, 1.54) is 6.42 Å². The van der Waals surface area contributed by atoms with Crippen molar-refractivity contribution in [1.82, 2.24) is 15.1 Å². The van der Waals surface area contributed by atoms with Crippen LogP contribution in [0, 0.1) is 5.92 Å². The lowest BCUT2D eigenvalue weighted by atomic mass is 10.1. The smallest absolute Gasteiger partial charge is 0.234 e. The largest absolute Gasteiger partial charge is 0.381 e. The third-order valence-corrected chi connectivity index (χ3v) is 3.89. The summed E-state index contributed by atoms with van der Waals surface area (Å²) < 4.78 is 5.43. The average Bonchev–Trinajstić information content (AvgIpc) is 2.82. The monoisotopic (exact) mass is 283 g/mol. The summed E-state index contributed by atoms with van der Waals surface area (Å²) in [6.07, 6.45) is 1.20. The van der Waals surface area contributed by atoms with E-state index in [1.807, 2.05) is 20.8 Å². The SMILES string of the molecule is CC(C)(C)NC(=O)CN1CCN(C[C@H]2CCOC2)CC1. The molecule has 2 aliphatic heterocycles. The number of rotatable bonds is 4. The van der Waals surface area contributed by atoms with Crippen molar-refractivity contribution in [2.45, 2.75) is 32.7 Å². The molecule has 0 saturated carbocycles. The number of ether oxygens (including phenoxy) is 1. The van der Waals surface area contributed by atoms with Gasteiger partial charge in [0.15, 0.2) is 0 Å². The molecule has 0 aromatic carbocycles. The maximum Gasteiger partial charge on any atom is 0.234 e. The van der Waals surface area contributed by atoms with E-state index in [4.69, 9.17) is 4.74 Å². The third kappa shape index (κ3) is 5.38. The molecule has 0 radical (unpaired) electrons. The standard InChI is InChI=1S/C15H29N3O2/c1-15(2,3)16-14(19)11-18-7-5-17(6-8-18)10-13-4-9-20-12-13/h13H,4-12H2,1-3H3,(H,16,19)/t13-/m1/s1. The zero-order chi connectivity index (χ0) is 14.6. The fourth-order valence-corrected chi connectivity index (χ4v) is 2.88. The van der Waals surface area contributed by atoms with Crippen LogP contribution >= 0.6 is 0 Å². The molecule has 116 valence electrons. The summed E-state index contributed by atoms with van der Waals surface area (Å²) in [6, 6.07) is 0. The van der Waals surface area contributed by atoms with Crippen LogP contribution in [0.25, 0.3) is 0 Å². The van der Waals surface area contributed by atoms with Crippen LogP contribution in [0.5, 0.6) is 0 Å². The summed E-state index contributed by atoms with van der Waals surface area (Å²) in [6.45, 7) is 13.7. The molecule has 0 bridgehead atoms. The topological polar surface area (TPSA) is 44.8 Å². The highest BCUT2D eigenvalue weighted by Crippen LogP contribution is 2.15. The van der Waals surface area contributed by atoms with Crippen molar-refractivity contribution in [2.24, 2.45) is 5.92 Å². The quantitative estimate of drug-likeness (QED) is 0.819. The molecule has 2 heterocycles. The van der Waals surface area contributed by atoms with E-state index in [2.05, 4.69) is 15.1 Å². The molecule has 2 aliphatic rings. The van der Waals surface area contributed by atoms with E-state index in [1.54, 1.807) is 0 Å². The van der Waals surface area contributed by atoms with Gasteiger partial charge in [0.25, 0.3) is 0 Å². The molecule has 5 nitrogen and oxygen atoms in total. The van der Waals surface area contributed by atoms with Gasteiger partial charge in [-0.2, -0.15) is 0 Å². The highest BCUT2D eigenvalue weighted by atomic mass is 16.5. The Morgan fingerprint density at radius 2 is 1.85 bits per heavy atom. The number of amides is 1. The maximum absolute atomic E-state index is 11.9. The van der Waals surface area contributed by atoms with Gasteiger partial charge in [-0.25, -0.2) is 0 Å². The van der Waals surface area contributed by atoms with Crippen LogP contribution in [0.4, 0.5) is 0 Å². The molecule has 1 atom stereocenters. The van der Waals surface area contributed by atoms with Gasteiger partial charge < -0.3 is 15.0 Å². The summed E-state index contributed by atoms with van der Waals surface area (Å²) in [5.74, 6) is 0.848. The van der Waals surface area contributed by atoms with Gasteiger partial charge in [-0.1, -0.05) is 0 Å². The second kappa shape index (κ2) is 6.87. The normalized spacial score (nSPS) is 25.9. The van der Waals surface area contributed by atoms with Crippen molar-refractivity contribution >= 4 is 5.91 Å². The van der Waals surface area contributed by atoms with E-state index < -0.39 is 0 Å². The van der Waals surface area contributed by atoms with Gasteiger partial charge in [0, 0.05) is 44.9 Å². The fourth-order valence-electron chi connectivity index (χ4n) is 2.88. The highest BCUT2D eigenvalue weighted by molar-refractivity contribution is 5.78. The Labute approximate surface area is 122 Å². The molecule has 2 rings (SSSR count). The van der Waals surface area contributed by atoms with Gasteiger partial charge in [-0.05, 0) is 33.1 Å². The van der Waals surface area contributed by atoms with Gasteiger partial charge >= 0.3 is 0 Å². The second-order valence-corrected chi connectivity index (χ2v) is 7.10. The predicted octanol–water partition coefficient (Wildman–Crippen LogP) is 0.555. The first-order chi connectivity index (χ1) is 9.42. The van der Waals surface area contributed by atoms with Crippen molar-refractivity contribution in [3.05, 3.63) is 0 Å². The minimum atomic E-state index is -0.138. The van der Waals surface area contributed by atoms with Crippen molar-refractivity contribution in [2.75, 3.05) is 52.5 Å². The number of carbonyl (C=O) groups excluding carboxylic acids is 1. The fraction of sp³-hybridized carbons (Fsp3) is 0.933. The van der Waals surface area contributed by atoms with Gasteiger partial charge in [0.05, 0.1) is 13.2 Å². The number of nitrogens with one attached hydrogen (secondary N) is 1. The lowest BCUT2D eigenvalue weighted by Gasteiger charge is -2.35. The molecule has 0 aromatic heterocycles. The van der Waals surface area contributed by atoms with E-state index in [-0.39, 0.29) is 11.4 Å². The summed E-state index contributed by atoms with van der Waals surface area (Å²) in [7, 11) is 0. The summed E-state index contributed by atoms with van der Waals surface area (Å²) >= 11 is 0. The van der Waals surface area contributed by atoms with Crippen LogP contribution in [0.2, 0.25) is 0 Å². The molecule has 2 saturated heterocycles. The van der Waals surface area contributed by atoms with E-state index >= 15 is 0 Å². The number of nitrogens with zero attached hydrogens (tertiary/aromatic N) is 2. The number of hydrogen-bond acceptors (Lipinski definition) is 4. The zero-order valence-electron chi connectivity index (χ0n) is 13.2. The Balaban J connectivity index is 1.64. The molecule has 0 aromatic rings. The summed E-state index contributed by atoms with van der Waals surface area (Å²) in [5, 5.41) is 3.03. The highest BCUT2D eigenvalue weighted by Gasteiger charge is 2.24. The van der Waals surface area contributed by atoms with Gasteiger partial charge in [0.1, 0.15) is 0 Å². The molecular weight excluding hydrogens is 254 g/mol. The van der Waals surface area contributed by atoms with Gasteiger partial charge in [0.2, 0.25) is 5.91 Å². The molecule has 5 heteroatoms. The van der Waals surface area contributed by atoms with Crippen LogP contribution in [0.15, 0.2) is 0 Å². The van der Waals surface area contributed by atoms with E-state index in [0.29, 0.717) is 12.5 Å². The van der Waals surface area contributed by atoms with E-state index in [9.17, 15) is 4.79 Å². The predicted molar refractivity (Wildman–Crippen MR) is 79.7 cm³/mol. The Kier molecular flexibility index (Phi) is 5.41. The van der Waals surface area contributed by atoms with Crippen LogP contribution in [-0.2, 0) is 9.53 Å². The van der Waals surface area contributed by atoms with Crippen LogP contribution in [-0.4, -0.2) is 73.7 Å². The van der Waals surface area contributed by atoms with Crippen molar-refractivity contribution in [3.63, 3.8) is 0 Å². The second-order valence-electron chi connectivity index (χ2n) is 7.10. The number of hydrogen-bond donors (Lipinski definition) is 1. The zero-order valence-corrected chi connectivity index (χ0v) is 13.2. The van der Waals surface area contributed by atoms with Crippen LogP contribution in [0.3, 0.4) is 0 Å². The van der Waals surface area contributed by atoms with Crippen molar-refractivity contribution in [1.29, 1.82) is 0 Å². The molecular formula is C15H29N3O2. The first kappa shape index (κ1) is 15.7. The molecule has 20 heavy (non-hydrogen) atoms. The van der Waals surface area contributed by atoms with Crippen LogP contribution in [0.1, 0.15) is 27.2 Å². The Bertz CT molecular complexity index is 314. The van der Waals surface area contributed by atoms with Gasteiger partial charge in [-0.3, -0.25) is 9.69 Å². The Morgan fingerprint density at radius 1 is 1.20 bits per heavy atom. The first-order valence-electron chi connectivity index (χ1n) is 7.76. The summed E-state index contributed by atoms with van der Waals surface area (Å²) in [5.41, 5.74) is -0.138. The lowest BCUT2D eigenvalue weighted by Crippen LogP contribution is -2.52. The molecule has 0 aliphatic carbocycles. The summed E-state index contributed by atoms with van der Waals surface area (Å²) in [4.78, 5) is 16.7. The Morgan fingerprint density at radius 3 is 2.40 bits per heavy atom. The van der Waals surface area contributed by atoms with Crippen molar-refractivity contribution < 1.29 is 9.53 Å². The van der Waals surface area contributed by atoms with E-state index in [0.717, 1.165) is 45.9 Å². The maximum atomic E-state index is 11.9. The average molecular weight is 283 g/mol. The Hall–Kier alpha value is -0.650. The first-order valence-corrected chi connectivity index (χ1v) is 7.76. The minimum Gasteiger partial charge on any atom is -0.381 e. The minimum absolute atomic E-state index is 0.134. The molecule has 1 N–H and O–H groups in total. The van der Waals surface area contributed by atoms with Crippen LogP contribution < -0.4 is 5.32 Å². The molecule has 0 spiro atoms. The number of carbonyl (C=O) groups is 1. The molecule has 2 fully saturated rings. The van der Waals surface area contributed by atoms with Gasteiger partial charge in [-0.15, -0.1) is 0 Å². The lowest BCUT2D eigenvalue weighted by molar-refractivity contribution is -0.124. The number of piperazine rings is 1.